The largest absolute Gasteiger partial charge is 0.310 e. The van der Waals surface area contributed by atoms with Crippen LogP contribution in [0.5, 0.6) is 0 Å². The number of nitrogens with one attached hydrogen (secondary N) is 1. The summed E-state index contributed by atoms with van der Waals surface area (Å²) in [5.41, 5.74) is 0. The van der Waals surface area contributed by atoms with E-state index >= 15 is 0 Å². The van der Waals surface area contributed by atoms with E-state index in [1.807, 2.05) is 0 Å². The molecule has 0 bridgehead atoms. The normalized spacial score (nSPS) is 33.4. The molecule has 2 nitrogen and oxygen atoms in total. The van der Waals surface area contributed by atoms with Gasteiger partial charge < -0.3 is 10.2 Å². The first-order valence-corrected chi connectivity index (χ1v) is 7.59. The lowest BCUT2D eigenvalue weighted by atomic mass is 9.85. The van der Waals surface area contributed by atoms with Crippen LogP contribution in [0.3, 0.4) is 0 Å². The third-order valence-corrected chi connectivity index (χ3v) is 4.57. The van der Waals surface area contributed by atoms with Gasteiger partial charge in [-0.2, -0.15) is 0 Å². The lowest BCUT2D eigenvalue weighted by Gasteiger charge is -2.24. The fraction of sp³-hybridized carbons (Fsp3) is 1.00. The Hall–Kier alpha value is -0.0800. The molecular formula is C15H30N2. The summed E-state index contributed by atoms with van der Waals surface area (Å²) in [6, 6.07) is 1.62. The lowest BCUT2D eigenvalue weighted by molar-refractivity contribution is 0.279. The van der Waals surface area contributed by atoms with Crippen molar-refractivity contribution in [3.8, 4) is 0 Å². The van der Waals surface area contributed by atoms with E-state index < -0.39 is 0 Å². The van der Waals surface area contributed by atoms with Gasteiger partial charge in [0.25, 0.3) is 0 Å². The van der Waals surface area contributed by atoms with Crippen molar-refractivity contribution in [2.45, 2.75) is 64.5 Å². The van der Waals surface area contributed by atoms with Crippen LogP contribution in [0.15, 0.2) is 0 Å². The van der Waals surface area contributed by atoms with Crippen LogP contribution in [0.25, 0.3) is 0 Å². The molecule has 0 aromatic rings. The van der Waals surface area contributed by atoms with E-state index in [2.05, 4.69) is 31.1 Å². The summed E-state index contributed by atoms with van der Waals surface area (Å²) in [6.45, 7) is 7.14. The third kappa shape index (κ3) is 3.96. The average Bonchev–Trinajstić information content (AvgIpc) is 2.68. The molecule has 1 saturated carbocycles. The van der Waals surface area contributed by atoms with Crippen molar-refractivity contribution in [3.05, 3.63) is 0 Å². The maximum absolute atomic E-state index is 3.87. The Balaban J connectivity index is 1.69. The van der Waals surface area contributed by atoms with E-state index in [1.54, 1.807) is 0 Å². The summed E-state index contributed by atoms with van der Waals surface area (Å²) in [5, 5.41) is 3.87. The van der Waals surface area contributed by atoms with Crippen molar-refractivity contribution < 1.29 is 0 Å². The van der Waals surface area contributed by atoms with Gasteiger partial charge in [-0.05, 0) is 51.1 Å². The van der Waals surface area contributed by atoms with Crippen molar-refractivity contribution in [3.63, 3.8) is 0 Å². The van der Waals surface area contributed by atoms with Crippen molar-refractivity contribution in [2.24, 2.45) is 11.8 Å². The summed E-state index contributed by atoms with van der Waals surface area (Å²) in [5.74, 6) is 1.82. The second-order valence-corrected chi connectivity index (χ2v) is 6.70. The minimum Gasteiger partial charge on any atom is -0.310 e. The summed E-state index contributed by atoms with van der Waals surface area (Å²) < 4.78 is 0. The Morgan fingerprint density at radius 2 is 2.00 bits per heavy atom. The molecule has 0 spiro atoms. The van der Waals surface area contributed by atoms with Gasteiger partial charge in [0.15, 0.2) is 0 Å². The number of hydrogen-bond donors (Lipinski definition) is 1. The van der Waals surface area contributed by atoms with Gasteiger partial charge in [-0.25, -0.2) is 0 Å². The zero-order valence-electron chi connectivity index (χ0n) is 11.9. The number of hydrogen-bond acceptors (Lipinski definition) is 2. The van der Waals surface area contributed by atoms with Crippen LogP contribution in [0.2, 0.25) is 0 Å². The Morgan fingerprint density at radius 1 is 1.24 bits per heavy atom. The molecule has 1 N–H and O–H groups in total. The molecule has 1 aliphatic heterocycles. The highest BCUT2D eigenvalue weighted by Gasteiger charge is 2.35. The van der Waals surface area contributed by atoms with Gasteiger partial charge in [0.1, 0.15) is 0 Å². The quantitative estimate of drug-likeness (QED) is 0.792. The van der Waals surface area contributed by atoms with Gasteiger partial charge in [0.05, 0.1) is 0 Å². The second kappa shape index (κ2) is 6.19. The average molecular weight is 238 g/mol. The summed E-state index contributed by atoms with van der Waals surface area (Å²) in [4.78, 5) is 2.52. The first-order chi connectivity index (χ1) is 8.15. The van der Waals surface area contributed by atoms with Gasteiger partial charge in [-0.15, -0.1) is 0 Å². The highest BCUT2D eigenvalue weighted by Crippen LogP contribution is 2.33. The van der Waals surface area contributed by atoms with E-state index in [4.69, 9.17) is 0 Å². The first-order valence-electron chi connectivity index (χ1n) is 7.59. The zero-order chi connectivity index (χ0) is 12.3. The van der Waals surface area contributed by atoms with E-state index in [1.165, 1.54) is 51.6 Å². The maximum atomic E-state index is 3.87. The molecule has 2 rings (SSSR count). The monoisotopic (exact) mass is 238 g/mol. The number of rotatable bonds is 5. The molecule has 1 saturated heterocycles. The van der Waals surface area contributed by atoms with Gasteiger partial charge in [-0.3, -0.25) is 0 Å². The van der Waals surface area contributed by atoms with Crippen LogP contribution in [0, 0.1) is 11.8 Å². The molecule has 0 aromatic heterocycles. The van der Waals surface area contributed by atoms with Crippen molar-refractivity contribution in [1.29, 1.82) is 0 Å². The number of nitrogens with zero attached hydrogens (tertiary/aromatic N) is 1. The van der Waals surface area contributed by atoms with Crippen LogP contribution in [0.1, 0.15) is 52.4 Å². The molecule has 2 aliphatic rings. The van der Waals surface area contributed by atoms with Gasteiger partial charge >= 0.3 is 0 Å². The lowest BCUT2D eigenvalue weighted by Crippen LogP contribution is -2.39. The van der Waals surface area contributed by atoms with Gasteiger partial charge in [0, 0.05) is 18.6 Å². The molecule has 0 aromatic carbocycles. The van der Waals surface area contributed by atoms with Crippen LogP contribution < -0.4 is 5.32 Å². The summed E-state index contributed by atoms with van der Waals surface area (Å²) in [7, 11) is 2.28. The van der Waals surface area contributed by atoms with Crippen LogP contribution >= 0.6 is 0 Å². The van der Waals surface area contributed by atoms with Gasteiger partial charge in [0.2, 0.25) is 0 Å². The molecule has 3 unspecified atom stereocenters. The van der Waals surface area contributed by atoms with E-state index in [-0.39, 0.29) is 0 Å². The topological polar surface area (TPSA) is 15.3 Å². The van der Waals surface area contributed by atoms with Crippen molar-refractivity contribution >= 4 is 0 Å². The minimum atomic E-state index is 0.764. The predicted molar refractivity (Wildman–Crippen MR) is 74.2 cm³/mol. The number of likely N-dealkylation sites (N-methyl/N-ethyl adjacent to an activating group) is 1. The van der Waals surface area contributed by atoms with Crippen LogP contribution in [-0.4, -0.2) is 37.1 Å². The van der Waals surface area contributed by atoms with E-state index in [9.17, 15) is 0 Å². The Kier molecular flexibility index (Phi) is 4.87. The fourth-order valence-electron chi connectivity index (χ4n) is 3.52. The zero-order valence-corrected chi connectivity index (χ0v) is 11.9. The minimum absolute atomic E-state index is 0.764. The molecule has 0 amide bonds. The Morgan fingerprint density at radius 3 is 2.71 bits per heavy atom. The molecule has 3 atom stereocenters. The van der Waals surface area contributed by atoms with Crippen LogP contribution in [0.4, 0.5) is 0 Å². The molecule has 100 valence electrons. The third-order valence-electron chi connectivity index (χ3n) is 4.57. The molecule has 1 heterocycles. The second-order valence-electron chi connectivity index (χ2n) is 6.70. The summed E-state index contributed by atoms with van der Waals surface area (Å²) >= 11 is 0. The van der Waals surface area contributed by atoms with Gasteiger partial charge in [-0.1, -0.05) is 26.7 Å². The molecule has 2 fully saturated rings. The number of fused-ring (bicyclic) bond motifs is 1. The molecule has 0 radical (unpaired) electrons. The van der Waals surface area contributed by atoms with Crippen molar-refractivity contribution in [1.82, 2.24) is 10.2 Å². The fourth-order valence-corrected chi connectivity index (χ4v) is 3.52. The molecule has 17 heavy (non-hydrogen) atoms. The Labute approximate surface area is 107 Å². The SMILES string of the molecule is CC(C)CCN(C)CC1CC2CCCCC2N1. The highest BCUT2D eigenvalue weighted by molar-refractivity contribution is 4.93. The Bertz CT molecular complexity index is 213. The smallest absolute Gasteiger partial charge is 0.0200 e. The van der Waals surface area contributed by atoms with Crippen molar-refractivity contribution in [2.75, 3.05) is 20.1 Å². The molecular weight excluding hydrogens is 208 g/mol. The maximum Gasteiger partial charge on any atom is 0.0200 e. The van der Waals surface area contributed by atoms with E-state index in [0.29, 0.717) is 0 Å². The predicted octanol–water partition coefficient (Wildman–Crippen LogP) is 2.89. The molecule has 1 aliphatic carbocycles. The summed E-state index contributed by atoms with van der Waals surface area (Å²) in [6.07, 6.45) is 8.58. The van der Waals surface area contributed by atoms with E-state index in [0.717, 1.165) is 23.9 Å². The first kappa shape index (κ1) is 13.4. The molecule has 2 heteroatoms. The van der Waals surface area contributed by atoms with Crippen LogP contribution in [-0.2, 0) is 0 Å². The standard InChI is InChI=1S/C15H30N2/c1-12(2)8-9-17(3)11-14-10-13-6-4-5-7-15(13)16-14/h12-16H,4-11H2,1-3H3. The highest BCUT2D eigenvalue weighted by atomic mass is 15.1.